The Balaban J connectivity index is 2.20. The molecule has 2 rings (SSSR count). The van der Waals surface area contributed by atoms with Crippen LogP contribution in [0.3, 0.4) is 0 Å². The Morgan fingerprint density at radius 3 is 2.61 bits per heavy atom. The minimum atomic E-state index is -3.33. The quantitative estimate of drug-likeness (QED) is 0.581. The molecule has 18 heavy (non-hydrogen) atoms. The molecule has 0 radical (unpaired) electrons. The van der Waals surface area contributed by atoms with Gasteiger partial charge in [0, 0.05) is 12.6 Å². The molecule has 104 valence electrons. The van der Waals surface area contributed by atoms with Crippen molar-refractivity contribution in [3.8, 4) is 0 Å². The molecule has 2 aliphatic heterocycles. The van der Waals surface area contributed by atoms with Crippen molar-refractivity contribution in [2.45, 2.75) is 31.6 Å². The molecule has 0 aromatic heterocycles. The Hall–Kier alpha value is -0.620. The number of carbonyl (C=O) groups is 1. The van der Waals surface area contributed by atoms with Crippen LogP contribution in [0, 0.1) is 0 Å². The number of hydrogen-bond donors (Lipinski definition) is 2. The van der Waals surface area contributed by atoms with Gasteiger partial charge in [0.05, 0.1) is 19.8 Å². The summed E-state index contributed by atoms with van der Waals surface area (Å²) in [5.74, 6) is 0. The molecule has 0 aliphatic carbocycles. The summed E-state index contributed by atoms with van der Waals surface area (Å²) in [6.45, 7) is 4.66. The molecular formula is C10H19N2O5P. The molecule has 0 aromatic rings. The zero-order chi connectivity index (χ0) is 13.4. The lowest BCUT2D eigenvalue weighted by Gasteiger charge is -2.33. The van der Waals surface area contributed by atoms with Crippen molar-refractivity contribution in [2.24, 2.45) is 0 Å². The van der Waals surface area contributed by atoms with Crippen LogP contribution in [-0.4, -0.2) is 53.7 Å². The molecule has 0 spiro atoms. The van der Waals surface area contributed by atoms with Gasteiger partial charge >= 0.3 is 13.7 Å². The van der Waals surface area contributed by atoms with Crippen molar-refractivity contribution in [3.63, 3.8) is 0 Å². The van der Waals surface area contributed by atoms with Crippen LogP contribution < -0.4 is 5.32 Å². The predicted molar refractivity (Wildman–Crippen MR) is 64.7 cm³/mol. The van der Waals surface area contributed by atoms with E-state index < -0.39 is 19.0 Å². The maximum Gasteiger partial charge on any atom is 0.407 e. The molecular weight excluding hydrogens is 259 g/mol. The number of hydrogen-bond acceptors (Lipinski definition) is 5. The van der Waals surface area contributed by atoms with Gasteiger partial charge in [0.1, 0.15) is 0 Å². The smallest absolute Gasteiger partial charge is 0.407 e. The third kappa shape index (κ3) is 2.05. The fraction of sp³-hybridized carbons (Fsp3) is 0.900. The minimum absolute atomic E-state index is 0.0250. The van der Waals surface area contributed by atoms with Gasteiger partial charge in [-0.3, -0.25) is 9.88 Å². The van der Waals surface area contributed by atoms with Crippen molar-refractivity contribution in [1.29, 1.82) is 0 Å². The molecule has 0 bridgehead atoms. The van der Waals surface area contributed by atoms with Crippen LogP contribution in [0.15, 0.2) is 0 Å². The van der Waals surface area contributed by atoms with Gasteiger partial charge in [-0.25, -0.2) is 4.79 Å². The van der Waals surface area contributed by atoms with E-state index in [-0.39, 0.29) is 25.8 Å². The molecule has 2 saturated heterocycles. The molecule has 1 amide bonds. The average Bonchev–Trinajstić information content (AvgIpc) is 3.04. The van der Waals surface area contributed by atoms with E-state index in [9.17, 15) is 9.36 Å². The Morgan fingerprint density at radius 1 is 1.50 bits per heavy atom. The second kappa shape index (κ2) is 4.81. The summed E-state index contributed by atoms with van der Waals surface area (Å²) >= 11 is 0. The molecule has 7 nitrogen and oxygen atoms in total. The molecule has 0 saturated carbocycles. The maximum absolute atomic E-state index is 12.8. The number of fused-ring (bicyclic) bond motifs is 1. The Kier molecular flexibility index (Phi) is 3.69. The highest BCUT2D eigenvalue weighted by atomic mass is 31.2. The second-order valence-corrected chi connectivity index (χ2v) is 6.76. The average molecular weight is 278 g/mol. The lowest BCUT2D eigenvalue weighted by Crippen LogP contribution is -2.45. The summed E-state index contributed by atoms with van der Waals surface area (Å²) in [6.07, 6.45) is -0.364. The van der Waals surface area contributed by atoms with Crippen LogP contribution in [0.4, 0.5) is 4.79 Å². The van der Waals surface area contributed by atoms with Crippen LogP contribution in [0.5, 0.6) is 0 Å². The number of carboxylic acid groups (broad SMARTS) is 1. The lowest BCUT2D eigenvalue weighted by molar-refractivity contribution is 0.132. The van der Waals surface area contributed by atoms with Gasteiger partial charge in [-0.1, -0.05) is 0 Å². The highest BCUT2D eigenvalue weighted by Crippen LogP contribution is 2.67. The summed E-state index contributed by atoms with van der Waals surface area (Å²) in [5, 5.41) is 11.3. The van der Waals surface area contributed by atoms with Crippen molar-refractivity contribution >= 4 is 13.7 Å². The van der Waals surface area contributed by atoms with E-state index >= 15 is 0 Å². The first-order chi connectivity index (χ1) is 8.49. The van der Waals surface area contributed by atoms with E-state index in [0.29, 0.717) is 13.0 Å². The Bertz CT molecular complexity index is 380. The summed E-state index contributed by atoms with van der Waals surface area (Å²) < 4.78 is 23.4. The normalized spacial score (nSPS) is 31.0. The third-order valence-electron chi connectivity index (χ3n) is 3.39. The van der Waals surface area contributed by atoms with Gasteiger partial charge in [0.25, 0.3) is 0 Å². The van der Waals surface area contributed by atoms with E-state index in [2.05, 4.69) is 5.32 Å². The highest BCUT2D eigenvalue weighted by Gasteiger charge is 2.70. The lowest BCUT2D eigenvalue weighted by atomic mass is 10.1. The molecule has 2 fully saturated rings. The highest BCUT2D eigenvalue weighted by molar-refractivity contribution is 7.56. The number of piperidine rings is 1. The van der Waals surface area contributed by atoms with E-state index in [4.69, 9.17) is 14.2 Å². The molecule has 2 unspecified atom stereocenters. The summed E-state index contributed by atoms with van der Waals surface area (Å²) in [6, 6.07) is 0.0250. The van der Waals surface area contributed by atoms with Gasteiger partial charge in [-0.2, -0.15) is 0 Å². The van der Waals surface area contributed by atoms with Gasteiger partial charge < -0.3 is 19.1 Å². The monoisotopic (exact) mass is 278 g/mol. The number of likely N-dealkylation sites (tertiary alicyclic amines) is 1. The second-order valence-electron chi connectivity index (χ2n) is 4.45. The molecule has 2 aliphatic rings. The number of rotatable bonds is 5. The molecule has 2 N–H and O–H groups in total. The SMILES string of the molecule is CCOP(=O)(OCC)C12CN(C(=O)O)CCC1N2. The molecule has 0 aromatic carbocycles. The summed E-state index contributed by atoms with van der Waals surface area (Å²) in [7, 11) is -3.33. The zero-order valence-electron chi connectivity index (χ0n) is 10.6. The Morgan fingerprint density at radius 2 is 2.11 bits per heavy atom. The van der Waals surface area contributed by atoms with Crippen LogP contribution in [0.25, 0.3) is 0 Å². The number of nitrogens with zero attached hydrogens (tertiary/aromatic N) is 1. The first-order valence-corrected chi connectivity index (χ1v) is 7.68. The zero-order valence-corrected chi connectivity index (χ0v) is 11.5. The van der Waals surface area contributed by atoms with E-state index in [0.717, 1.165) is 0 Å². The van der Waals surface area contributed by atoms with Gasteiger partial charge in [0.15, 0.2) is 5.28 Å². The van der Waals surface area contributed by atoms with E-state index in [1.807, 2.05) is 0 Å². The van der Waals surface area contributed by atoms with Crippen LogP contribution in [0.2, 0.25) is 0 Å². The number of amides is 1. The predicted octanol–water partition coefficient (Wildman–Crippen LogP) is 1.30. The van der Waals surface area contributed by atoms with Crippen molar-refractivity contribution in [1.82, 2.24) is 10.2 Å². The fourth-order valence-electron chi connectivity index (χ4n) is 2.51. The standard InChI is InChI=1S/C10H19N2O5P/c1-3-16-18(15,17-4-2)10-7-12(9(13)14)6-5-8(10)11-10/h8,11H,3-7H2,1-2H3,(H,13,14). The summed E-state index contributed by atoms with van der Waals surface area (Å²) in [4.78, 5) is 12.3. The third-order valence-corrected chi connectivity index (χ3v) is 6.15. The van der Waals surface area contributed by atoms with Gasteiger partial charge in [0.2, 0.25) is 0 Å². The fourth-order valence-corrected chi connectivity index (χ4v) is 4.89. The Labute approximate surface area is 106 Å². The van der Waals surface area contributed by atoms with Gasteiger partial charge in [-0.05, 0) is 20.3 Å². The van der Waals surface area contributed by atoms with Gasteiger partial charge in [-0.15, -0.1) is 0 Å². The molecule has 2 heterocycles. The van der Waals surface area contributed by atoms with Crippen LogP contribution in [0.1, 0.15) is 20.3 Å². The summed E-state index contributed by atoms with van der Waals surface area (Å²) in [5.41, 5.74) is 0. The molecule has 8 heteroatoms. The van der Waals surface area contributed by atoms with Crippen LogP contribution in [-0.2, 0) is 13.6 Å². The molecule has 2 atom stereocenters. The minimum Gasteiger partial charge on any atom is -0.465 e. The van der Waals surface area contributed by atoms with Crippen LogP contribution >= 0.6 is 7.60 Å². The van der Waals surface area contributed by atoms with Crippen molar-refractivity contribution in [2.75, 3.05) is 26.3 Å². The largest absolute Gasteiger partial charge is 0.465 e. The van der Waals surface area contributed by atoms with E-state index in [1.54, 1.807) is 13.8 Å². The van der Waals surface area contributed by atoms with E-state index in [1.165, 1.54) is 4.90 Å². The van der Waals surface area contributed by atoms with Crippen molar-refractivity contribution in [3.05, 3.63) is 0 Å². The maximum atomic E-state index is 12.8. The first-order valence-electron chi connectivity index (χ1n) is 6.14. The number of nitrogens with one attached hydrogen (secondary N) is 1. The van der Waals surface area contributed by atoms with Crippen molar-refractivity contribution < 1.29 is 23.5 Å². The first kappa shape index (κ1) is 13.8. The topological polar surface area (TPSA) is 98.0 Å².